The van der Waals surface area contributed by atoms with E-state index in [4.69, 9.17) is 0 Å². The molecule has 0 saturated carbocycles. The molecule has 0 spiro atoms. The van der Waals surface area contributed by atoms with Crippen LogP contribution in [-0.4, -0.2) is 39.2 Å². The third kappa shape index (κ3) is 4.11. The summed E-state index contributed by atoms with van der Waals surface area (Å²) in [6.07, 6.45) is 5.10. The molecule has 0 unspecified atom stereocenters. The van der Waals surface area contributed by atoms with Crippen molar-refractivity contribution in [1.82, 2.24) is 20.2 Å². The summed E-state index contributed by atoms with van der Waals surface area (Å²) in [5.74, 6) is 0.909. The largest absolute Gasteiger partial charge is 0.355 e. The zero-order valence-electron chi connectivity index (χ0n) is 15.0. The molecule has 1 N–H and O–H groups in total. The van der Waals surface area contributed by atoms with E-state index in [-0.39, 0.29) is 11.8 Å². The van der Waals surface area contributed by atoms with Crippen molar-refractivity contribution in [3.63, 3.8) is 0 Å². The summed E-state index contributed by atoms with van der Waals surface area (Å²) in [4.78, 5) is 23.0. The number of nitrogens with zero attached hydrogens (tertiary/aromatic N) is 5. The molecule has 3 aromatic heterocycles. The number of piperidine rings is 1. The maximum Gasteiger partial charge on any atom is 0.229 e. The van der Waals surface area contributed by atoms with Crippen LogP contribution in [0.5, 0.6) is 0 Å². The lowest BCUT2D eigenvalue weighted by atomic mass is 9.96. The van der Waals surface area contributed by atoms with Crippen LogP contribution in [-0.2, 0) is 4.79 Å². The molecular formula is C19H20N6OS. The average Bonchev–Trinajstić information content (AvgIpc) is 3.13. The highest BCUT2D eigenvalue weighted by Gasteiger charge is 2.26. The quantitative estimate of drug-likeness (QED) is 0.748. The Balaban J connectivity index is 1.34. The molecule has 0 atom stereocenters. The van der Waals surface area contributed by atoms with Gasteiger partial charge in [0.25, 0.3) is 0 Å². The molecule has 1 amide bonds. The second-order valence-corrected chi connectivity index (χ2v) is 7.42. The Labute approximate surface area is 161 Å². The summed E-state index contributed by atoms with van der Waals surface area (Å²) in [5.41, 5.74) is 2.68. The summed E-state index contributed by atoms with van der Waals surface area (Å²) in [7, 11) is 0. The van der Waals surface area contributed by atoms with Gasteiger partial charge in [0.05, 0.1) is 11.4 Å². The zero-order valence-corrected chi connectivity index (χ0v) is 15.8. The molecule has 0 aromatic carbocycles. The van der Waals surface area contributed by atoms with Gasteiger partial charge in [-0.2, -0.15) is 0 Å². The number of aromatic nitrogens is 4. The van der Waals surface area contributed by atoms with Crippen molar-refractivity contribution in [2.24, 2.45) is 5.92 Å². The molecule has 8 heteroatoms. The number of rotatable bonds is 4. The zero-order chi connectivity index (χ0) is 18.6. The third-order valence-corrected chi connectivity index (χ3v) is 5.52. The molecule has 4 rings (SSSR count). The number of carbonyl (C=O) groups is 1. The first-order valence-corrected chi connectivity index (χ1v) is 9.79. The SMILES string of the molecule is Cc1csc(NC(=O)C2CCN(c3ccc(-c4cccnc4)nn3)CC2)n1. The Kier molecular flexibility index (Phi) is 5.06. The minimum atomic E-state index is 0.00748. The molecule has 3 aromatic rings. The predicted molar refractivity (Wildman–Crippen MR) is 106 cm³/mol. The number of amides is 1. The minimum Gasteiger partial charge on any atom is -0.355 e. The summed E-state index contributed by atoms with van der Waals surface area (Å²) < 4.78 is 0. The molecule has 27 heavy (non-hydrogen) atoms. The number of pyridine rings is 1. The van der Waals surface area contributed by atoms with E-state index in [1.807, 2.05) is 36.6 Å². The van der Waals surface area contributed by atoms with Crippen molar-refractivity contribution in [1.29, 1.82) is 0 Å². The summed E-state index contributed by atoms with van der Waals surface area (Å²) in [5, 5.41) is 14.2. The number of thiazole rings is 1. The predicted octanol–water partition coefficient (Wildman–Crippen LogP) is 3.16. The van der Waals surface area contributed by atoms with E-state index in [9.17, 15) is 4.79 Å². The molecule has 1 fully saturated rings. The van der Waals surface area contributed by atoms with Gasteiger partial charge >= 0.3 is 0 Å². The van der Waals surface area contributed by atoms with Gasteiger partial charge in [-0.05, 0) is 44.0 Å². The highest BCUT2D eigenvalue weighted by molar-refractivity contribution is 7.13. The lowest BCUT2D eigenvalue weighted by molar-refractivity contribution is -0.120. The maximum atomic E-state index is 12.4. The standard InChI is InChI=1S/C19H20N6OS/c1-13-12-27-19(21-13)22-18(26)14-6-9-25(10-7-14)17-5-4-16(23-24-17)15-3-2-8-20-11-15/h2-5,8,11-12,14H,6-7,9-10H2,1H3,(H,21,22,26). The fourth-order valence-corrected chi connectivity index (χ4v) is 3.84. The highest BCUT2D eigenvalue weighted by Crippen LogP contribution is 2.25. The number of aryl methyl sites for hydroxylation is 1. The van der Waals surface area contributed by atoms with Crippen LogP contribution in [0.3, 0.4) is 0 Å². The first kappa shape index (κ1) is 17.5. The van der Waals surface area contributed by atoms with Gasteiger partial charge in [-0.3, -0.25) is 9.78 Å². The molecule has 4 heterocycles. The average molecular weight is 380 g/mol. The first-order valence-electron chi connectivity index (χ1n) is 8.91. The Morgan fingerprint density at radius 1 is 1.22 bits per heavy atom. The van der Waals surface area contributed by atoms with Crippen molar-refractivity contribution in [3.8, 4) is 11.3 Å². The van der Waals surface area contributed by atoms with Crippen LogP contribution < -0.4 is 10.2 Å². The van der Waals surface area contributed by atoms with Crippen molar-refractivity contribution < 1.29 is 4.79 Å². The lowest BCUT2D eigenvalue weighted by Gasteiger charge is -2.31. The van der Waals surface area contributed by atoms with Gasteiger partial charge in [0.15, 0.2) is 10.9 Å². The number of carbonyl (C=O) groups excluding carboxylic acids is 1. The summed E-state index contributed by atoms with van der Waals surface area (Å²) in [6.45, 7) is 3.50. The van der Waals surface area contributed by atoms with E-state index in [1.54, 1.807) is 12.4 Å². The molecule has 138 valence electrons. The number of hydrogen-bond donors (Lipinski definition) is 1. The van der Waals surface area contributed by atoms with E-state index in [0.717, 1.165) is 48.7 Å². The van der Waals surface area contributed by atoms with Gasteiger partial charge in [-0.1, -0.05) is 0 Å². The topological polar surface area (TPSA) is 83.9 Å². The fraction of sp³-hybridized carbons (Fsp3) is 0.316. The molecule has 1 aliphatic heterocycles. The van der Waals surface area contributed by atoms with Gasteiger partial charge < -0.3 is 10.2 Å². The monoisotopic (exact) mass is 380 g/mol. The van der Waals surface area contributed by atoms with Gasteiger partial charge in [-0.25, -0.2) is 4.98 Å². The second kappa shape index (κ2) is 7.79. The van der Waals surface area contributed by atoms with Crippen LogP contribution in [0.4, 0.5) is 10.9 Å². The van der Waals surface area contributed by atoms with Crippen LogP contribution in [0.1, 0.15) is 18.5 Å². The number of anilines is 2. The Morgan fingerprint density at radius 3 is 2.70 bits per heavy atom. The summed E-state index contributed by atoms with van der Waals surface area (Å²) >= 11 is 1.46. The Morgan fingerprint density at radius 2 is 2.07 bits per heavy atom. The van der Waals surface area contributed by atoms with Crippen molar-refractivity contribution in [2.45, 2.75) is 19.8 Å². The molecule has 1 saturated heterocycles. The van der Waals surface area contributed by atoms with Crippen LogP contribution in [0.15, 0.2) is 42.0 Å². The van der Waals surface area contributed by atoms with Crippen molar-refractivity contribution in [3.05, 3.63) is 47.7 Å². The van der Waals surface area contributed by atoms with Gasteiger partial charge in [0.2, 0.25) is 5.91 Å². The fourth-order valence-electron chi connectivity index (χ4n) is 3.15. The van der Waals surface area contributed by atoms with Crippen molar-refractivity contribution in [2.75, 3.05) is 23.3 Å². The highest BCUT2D eigenvalue weighted by atomic mass is 32.1. The van der Waals surface area contributed by atoms with Gasteiger partial charge in [0, 0.05) is 42.3 Å². The van der Waals surface area contributed by atoms with Crippen LogP contribution in [0.25, 0.3) is 11.3 Å². The second-order valence-electron chi connectivity index (χ2n) is 6.56. The van der Waals surface area contributed by atoms with E-state index < -0.39 is 0 Å². The van der Waals surface area contributed by atoms with Crippen LogP contribution in [0, 0.1) is 12.8 Å². The maximum absolute atomic E-state index is 12.4. The van der Waals surface area contributed by atoms with E-state index in [1.165, 1.54) is 11.3 Å². The normalized spacial score (nSPS) is 14.9. The van der Waals surface area contributed by atoms with Crippen LogP contribution in [0.2, 0.25) is 0 Å². The van der Waals surface area contributed by atoms with E-state index in [2.05, 4.69) is 30.4 Å². The molecule has 0 radical (unpaired) electrons. The minimum absolute atomic E-state index is 0.00748. The first-order chi connectivity index (χ1) is 13.2. The molecule has 0 aliphatic carbocycles. The number of nitrogens with one attached hydrogen (secondary N) is 1. The lowest BCUT2D eigenvalue weighted by Crippen LogP contribution is -2.38. The number of hydrogen-bond acceptors (Lipinski definition) is 7. The Bertz CT molecular complexity index is 903. The summed E-state index contributed by atoms with van der Waals surface area (Å²) in [6, 6.07) is 7.79. The molecular weight excluding hydrogens is 360 g/mol. The van der Waals surface area contributed by atoms with Crippen molar-refractivity contribution >= 4 is 28.2 Å². The Hall–Kier alpha value is -2.87. The van der Waals surface area contributed by atoms with Gasteiger partial charge in [0.1, 0.15) is 0 Å². The van der Waals surface area contributed by atoms with E-state index in [0.29, 0.717) is 5.13 Å². The van der Waals surface area contributed by atoms with E-state index >= 15 is 0 Å². The van der Waals surface area contributed by atoms with Gasteiger partial charge in [-0.15, -0.1) is 21.5 Å². The molecule has 0 bridgehead atoms. The van der Waals surface area contributed by atoms with Crippen LogP contribution >= 0.6 is 11.3 Å². The molecule has 7 nitrogen and oxygen atoms in total. The third-order valence-electron chi connectivity index (χ3n) is 4.65. The molecule has 1 aliphatic rings. The smallest absolute Gasteiger partial charge is 0.229 e.